The van der Waals surface area contributed by atoms with Gasteiger partial charge in [-0.15, -0.1) is 0 Å². The van der Waals surface area contributed by atoms with E-state index in [0.717, 1.165) is 12.1 Å². The third kappa shape index (κ3) is 2.50. The van der Waals surface area contributed by atoms with E-state index in [9.17, 15) is 12.8 Å². The monoisotopic (exact) mass is 256 g/mol. The van der Waals surface area contributed by atoms with Crippen LogP contribution in [0.5, 0.6) is 0 Å². The summed E-state index contributed by atoms with van der Waals surface area (Å²) in [5.41, 5.74) is 0.685. The molecule has 0 spiro atoms. The van der Waals surface area contributed by atoms with Gasteiger partial charge in [0, 0.05) is 0 Å². The first kappa shape index (κ1) is 11.7. The molecule has 2 rings (SSSR count). The number of hydrogen-bond donors (Lipinski definition) is 0. The molecule has 0 N–H and O–H groups in total. The Morgan fingerprint density at radius 2 is 1.88 bits per heavy atom. The quantitative estimate of drug-likeness (QED) is 0.778. The van der Waals surface area contributed by atoms with Crippen LogP contribution in [0.2, 0.25) is 0 Å². The number of benzene rings is 1. The Balaban J connectivity index is 2.31. The van der Waals surface area contributed by atoms with Gasteiger partial charge in [-0.25, -0.2) is 17.4 Å². The Kier molecular flexibility index (Phi) is 2.93. The van der Waals surface area contributed by atoms with Crippen LogP contribution in [0.3, 0.4) is 0 Å². The molecule has 0 bridgehead atoms. The largest absolute Gasteiger partial charge is 0.244 e. The number of aryl methyl sites for hydroxylation is 1. The Labute approximate surface area is 97.1 Å². The number of aromatic nitrogens is 2. The summed E-state index contributed by atoms with van der Waals surface area (Å²) in [7, 11) is -3.55. The van der Waals surface area contributed by atoms with E-state index in [2.05, 4.69) is 14.9 Å². The van der Waals surface area contributed by atoms with Crippen LogP contribution in [-0.2, 0) is 15.6 Å². The molecular formula is C10H9FN2O3S. The molecule has 0 atom stereocenters. The average molecular weight is 256 g/mol. The van der Waals surface area contributed by atoms with Crippen molar-refractivity contribution < 1.29 is 17.4 Å². The van der Waals surface area contributed by atoms with Crippen molar-refractivity contribution in [3.8, 4) is 0 Å². The lowest BCUT2D eigenvalue weighted by Gasteiger charge is -2.01. The Morgan fingerprint density at radius 1 is 1.24 bits per heavy atom. The zero-order chi connectivity index (χ0) is 12.5. The summed E-state index contributed by atoms with van der Waals surface area (Å²) in [6.45, 7) is 1.60. The molecule has 0 aliphatic rings. The first-order valence-electron chi connectivity index (χ1n) is 4.75. The van der Waals surface area contributed by atoms with Crippen LogP contribution in [0.4, 0.5) is 4.39 Å². The van der Waals surface area contributed by atoms with Crippen molar-refractivity contribution in [3.63, 3.8) is 0 Å². The second-order valence-electron chi connectivity index (χ2n) is 3.51. The minimum absolute atomic E-state index is 0.0429. The van der Waals surface area contributed by atoms with Crippen LogP contribution < -0.4 is 0 Å². The summed E-state index contributed by atoms with van der Waals surface area (Å²) in [6, 6.07) is 4.63. The lowest BCUT2D eigenvalue weighted by atomic mass is 10.3. The van der Waals surface area contributed by atoms with E-state index < -0.39 is 15.7 Å². The van der Waals surface area contributed by atoms with Crippen LogP contribution in [-0.4, -0.2) is 18.7 Å². The predicted molar refractivity (Wildman–Crippen MR) is 56.3 cm³/mol. The molecular weight excluding hydrogens is 247 g/mol. The van der Waals surface area contributed by atoms with Crippen molar-refractivity contribution >= 4 is 9.84 Å². The highest BCUT2D eigenvalue weighted by Crippen LogP contribution is 2.16. The second kappa shape index (κ2) is 4.25. The van der Waals surface area contributed by atoms with E-state index >= 15 is 0 Å². The molecule has 1 aromatic heterocycles. The second-order valence-corrected chi connectivity index (χ2v) is 5.50. The maximum atomic E-state index is 12.7. The molecule has 0 amide bonds. The topological polar surface area (TPSA) is 73.1 Å². The number of rotatable bonds is 3. The lowest BCUT2D eigenvalue weighted by Crippen LogP contribution is -2.06. The summed E-state index contributed by atoms with van der Waals surface area (Å²) in [5, 5.41) is 7.00. The average Bonchev–Trinajstić information content (AvgIpc) is 2.64. The van der Waals surface area contributed by atoms with Gasteiger partial charge in [-0.2, -0.15) is 0 Å². The molecule has 0 radical (unpaired) electrons. The molecule has 17 heavy (non-hydrogen) atoms. The van der Waals surface area contributed by atoms with Gasteiger partial charge in [0.25, 0.3) is 0 Å². The standard InChI is InChI=1S/C10H9FN2O3S/c1-7-10(13-16-12-7)6-17(14,15)9-4-2-8(11)3-5-9/h2-5H,6H2,1H3. The smallest absolute Gasteiger partial charge is 0.184 e. The van der Waals surface area contributed by atoms with Gasteiger partial charge in [-0.3, -0.25) is 0 Å². The molecule has 0 saturated heterocycles. The molecule has 0 aliphatic heterocycles. The Morgan fingerprint density at radius 3 is 2.41 bits per heavy atom. The molecule has 0 fully saturated rings. The van der Waals surface area contributed by atoms with Crippen molar-refractivity contribution in [1.82, 2.24) is 10.3 Å². The predicted octanol–water partition coefficient (Wildman–Crippen LogP) is 1.49. The minimum Gasteiger partial charge on any atom is -0.244 e. The summed E-state index contributed by atoms with van der Waals surface area (Å²) >= 11 is 0. The highest BCUT2D eigenvalue weighted by atomic mass is 32.2. The van der Waals surface area contributed by atoms with Crippen LogP contribution in [0.15, 0.2) is 33.8 Å². The van der Waals surface area contributed by atoms with Crippen molar-refractivity contribution in [2.24, 2.45) is 0 Å². The Bertz CT molecular complexity index is 619. The number of halogens is 1. The van der Waals surface area contributed by atoms with Crippen molar-refractivity contribution in [2.75, 3.05) is 0 Å². The number of sulfone groups is 1. The van der Waals surface area contributed by atoms with Crippen molar-refractivity contribution in [3.05, 3.63) is 41.5 Å². The third-order valence-electron chi connectivity index (χ3n) is 2.25. The third-order valence-corrected chi connectivity index (χ3v) is 3.89. The van der Waals surface area contributed by atoms with Gasteiger partial charge in [-0.1, -0.05) is 10.3 Å². The van der Waals surface area contributed by atoms with Crippen LogP contribution >= 0.6 is 0 Å². The molecule has 0 saturated carbocycles. The van der Waals surface area contributed by atoms with E-state index in [0.29, 0.717) is 5.69 Å². The molecule has 2 aromatic rings. The van der Waals surface area contributed by atoms with Gasteiger partial charge in [0.2, 0.25) is 0 Å². The highest BCUT2D eigenvalue weighted by molar-refractivity contribution is 7.90. The highest BCUT2D eigenvalue weighted by Gasteiger charge is 2.19. The van der Waals surface area contributed by atoms with Gasteiger partial charge in [0.15, 0.2) is 9.84 Å². The fourth-order valence-electron chi connectivity index (χ4n) is 1.29. The fraction of sp³-hybridized carbons (Fsp3) is 0.200. The zero-order valence-electron chi connectivity index (χ0n) is 8.92. The van der Waals surface area contributed by atoms with Crippen molar-refractivity contribution in [2.45, 2.75) is 17.6 Å². The molecule has 0 unspecified atom stereocenters. The maximum Gasteiger partial charge on any atom is 0.184 e. The van der Waals surface area contributed by atoms with Gasteiger partial charge in [0.05, 0.1) is 4.90 Å². The fourth-order valence-corrected chi connectivity index (χ4v) is 2.62. The van der Waals surface area contributed by atoms with Gasteiger partial charge in [-0.05, 0) is 31.2 Å². The number of nitrogens with zero attached hydrogens (tertiary/aromatic N) is 2. The zero-order valence-corrected chi connectivity index (χ0v) is 9.74. The molecule has 1 heterocycles. The first-order chi connectivity index (χ1) is 7.99. The van der Waals surface area contributed by atoms with E-state index in [1.54, 1.807) is 6.92 Å². The van der Waals surface area contributed by atoms with Crippen molar-refractivity contribution in [1.29, 1.82) is 0 Å². The van der Waals surface area contributed by atoms with E-state index in [1.165, 1.54) is 12.1 Å². The van der Waals surface area contributed by atoms with E-state index in [1.807, 2.05) is 0 Å². The summed E-state index contributed by atoms with van der Waals surface area (Å²) < 4.78 is 41.0. The van der Waals surface area contributed by atoms with E-state index in [4.69, 9.17) is 0 Å². The van der Waals surface area contributed by atoms with Crippen LogP contribution in [0.25, 0.3) is 0 Å². The lowest BCUT2D eigenvalue weighted by molar-refractivity contribution is 0.302. The molecule has 5 nitrogen and oxygen atoms in total. The number of hydrogen-bond acceptors (Lipinski definition) is 5. The normalized spacial score (nSPS) is 11.6. The minimum atomic E-state index is -3.55. The Hall–Kier alpha value is -1.76. The van der Waals surface area contributed by atoms with Crippen LogP contribution in [0, 0.1) is 12.7 Å². The molecule has 7 heteroatoms. The summed E-state index contributed by atoms with van der Waals surface area (Å²) in [4.78, 5) is 0.0429. The summed E-state index contributed by atoms with van der Waals surface area (Å²) in [6.07, 6.45) is 0. The molecule has 1 aromatic carbocycles. The summed E-state index contributed by atoms with van der Waals surface area (Å²) in [5.74, 6) is -0.795. The maximum absolute atomic E-state index is 12.7. The van der Waals surface area contributed by atoms with Gasteiger partial charge in [0.1, 0.15) is 23.0 Å². The van der Waals surface area contributed by atoms with Gasteiger partial charge >= 0.3 is 0 Å². The van der Waals surface area contributed by atoms with Gasteiger partial charge < -0.3 is 0 Å². The van der Waals surface area contributed by atoms with Crippen LogP contribution in [0.1, 0.15) is 11.4 Å². The SMILES string of the molecule is Cc1nonc1CS(=O)(=O)c1ccc(F)cc1. The molecule has 0 aliphatic carbocycles. The molecule has 90 valence electrons. The first-order valence-corrected chi connectivity index (χ1v) is 6.40. The van der Waals surface area contributed by atoms with E-state index in [-0.39, 0.29) is 16.3 Å².